The summed E-state index contributed by atoms with van der Waals surface area (Å²) in [6.07, 6.45) is 0. The molecule has 0 radical (unpaired) electrons. The van der Waals surface area contributed by atoms with Crippen molar-refractivity contribution in [3.63, 3.8) is 0 Å². The minimum Gasteiger partial charge on any atom is -0.486 e. The van der Waals surface area contributed by atoms with E-state index in [9.17, 15) is 4.39 Å². The predicted octanol–water partition coefficient (Wildman–Crippen LogP) is 5.51. The van der Waals surface area contributed by atoms with Gasteiger partial charge in [-0.15, -0.1) is 11.3 Å². The third-order valence-corrected chi connectivity index (χ3v) is 4.75. The number of fused-ring (bicyclic) bond motifs is 1. The number of rotatable bonds is 4. The molecule has 0 aliphatic rings. The largest absolute Gasteiger partial charge is 0.486 e. The zero-order valence-electron chi connectivity index (χ0n) is 10.6. The fourth-order valence-corrected chi connectivity index (χ4v) is 3.34. The molecule has 2 aromatic carbocycles. The molecule has 0 unspecified atom stereocenters. The molecular formula is C16H12BrFOS. The lowest BCUT2D eigenvalue weighted by Crippen LogP contribution is -1.97. The summed E-state index contributed by atoms with van der Waals surface area (Å²) in [7, 11) is 0. The molecule has 0 amide bonds. The molecule has 0 N–H and O–H groups in total. The number of benzene rings is 2. The maximum atomic E-state index is 13.8. The van der Waals surface area contributed by atoms with Crippen molar-refractivity contribution in [3.8, 4) is 5.75 Å². The Morgan fingerprint density at radius 2 is 2.00 bits per heavy atom. The summed E-state index contributed by atoms with van der Waals surface area (Å²) in [5.74, 6) is -0.0218. The van der Waals surface area contributed by atoms with Crippen LogP contribution in [0.5, 0.6) is 5.75 Å². The van der Waals surface area contributed by atoms with Gasteiger partial charge in [-0.3, -0.25) is 0 Å². The minimum absolute atomic E-state index is 0.296. The van der Waals surface area contributed by atoms with E-state index < -0.39 is 0 Å². The van der Waals surface area contributed by atoms with Gasteiger partial charge in [-0.25, -0.2) is 4.39 Å². The topological polar surface area (TPSA) is 9.23 Å². The van der Waals surface area contributed by atoms with E-state index in [4.69, 9.17) is 4.74 Å². The maximum Gasteiger partial charge on any atom is 0.165 e. The second-order valence-corrected chi connectivity index (χ2v) is 5.92. The number of halogens is 2. The van der Waals surface area contributed by atoms with Crippen LogP contribution >= 0.6 is 27.3 Å². The Morgan fingerprint density at radius 1 is 1.15 bits per heavy atom. The average molecular weight is 351 g/mol. The molecule has 3 rings (SSSR count). The smallest absolute Gasteiger partial charge is 0.165 e. The van der Waals surface area contributed by atoms with Gasteiger partial charge in [0.05, 0.1) is 0 Å². The Bertz CT molecular complexity index is 738. The molecule has 3 aromatic rings. The van der Waals surface area contributed by atoms with Crippen molar-refractivity contribution in [1.29, 1.82) is 0 Å². The first kappa shape index (κ1) is 13.6. The van der Waals surface area contributed by atoms with E-state index in [0.717, 1.165) is 11.1 Å². The van der Waals surface area contributed by atoms with Crippen molar-refractivity contribution in [2.45, 2.75) is 11.9 Å². The van der Waals surface area contributed by atoms with Gasteiger partial charge in [0, 0.05) is 15.6 Å². The Kier molecular flexibility index (Phi) is 4.03. The van der Waals surface area contributed by atoms with Crippen molar-refractivity contribution in [1.82, 2.24) is 0 Å². The normalized spacial score (nSPS) is 10.9. The molecule has 4 heteroatoms. The molecule has 1 nitrogen and oxygen atoms in total. The molecule has 0 saturated carbocycles. The van der Waals surface area contributed by atoms with Crippen LogP contribution in [0, 0.1) is 5.82 Å². The van der Waals surface area contributed by atoms with E-state index in [2.05, 4.69) is 33.4 Å². The molecule has 20 heavy (non-hydrogen) atoms. The molecule has 0 aliphatic heterocycles. The Morgan fingerprint density at radius 3 is 2.80 bits per heavy atom. The quantitative estimate of drug-likeness (QED) is 0.563. The standard InChI is InChI=1S/C16H12BrFOS/c17-8-11-5-6-15(14(18)7-11)19-9-12-10-20-16-4-2-1-3-13(12)16/h1-7,10H,8-9H2. The first-order valence-corrected chi connectivity index (χ1v) is 8.20. The predicted molar refractivity (Wildman–Crippen MR) is 85.2 cm³/mol. The van der Waals surface area contributed by atoms with E-state index in [1.165, 1.54) is 16.2 Å². The third kappa shape index (κ3) is 2.72. The van der Waals surface area contributed by atoms with E-state index >= 15 is 0 Å². The van der Waals surface area contributed by atoms with Gasteiger partial charge in [-0.2, -0.15) is 0 Å². The molecule has 0 saturated heterocycles. The monoisotopic (exact) mass is 350 g/mol. The van der Waals surface area contributed by atoms with Gasteiger partial charge in [0.2, 0.25) is 0 Å². The number of ether oxygens (including phenoxy) is 1. The zero-order valence-corrected chi connectivity index (χ0v) is 13.0. The highest BCUT2D eigenvalue weighted by Crippen LogP contribution is 2.27. The fourth-order valence-electron chi connectivity index (χ4n) is 2.04. The number of hydrogen-bond acceptors (Lipinski definition) is 2. The van der Waals surface area contributed by atoms with Crippen molar-refractivity contribution in [2.75, 3.05) is 0 Å². The number of hydrogen-bond donors (Lipinski definition) is 0. The molecule has 1 heterocycles. The highest BCUT2D eigenvalue weighted by atomic mass is 79.9. The van der Waals surface area contributed by atoms with Crippen LogP contribution in [0.25, 0.3) is 10.1 Å². The van der Waals surface area contributed by atoms with Gasteiger partial charge >= 0.3 is 0 Å². The lowest BCUT2D eigenvalue weighted by Gasteiger charge is -2.07. The number of alkyl halides is 1. The second-order valence-electron chi connectivity index (χ2n) is 4.44. The van der Waals surface area contributed by atoms with Crippen LogP contribution in [-0.2, 0) is 11.9 Å². The van der Waals surface area contributed by atoms with Gasteiger partial charge in [-0.05, 0) is 34.5 Å². The highest BCUT2D eigenvalue weighted by Gasteiger charge is 2.07. The van der Waals surface area contributed by atoms with Crippen LogP contribution < -0.4 is 4.74 Å². The first-order valence-electron chi connectivity index (χ1n) is 6.20. The maximum absolute atomic E-state index is 13.8. The van der Waals surface area contributed by atoms with Gasteiger partial charge < -0.3 is 4.74 Å². The molecule has 0 atom stereocenters. The molecule has 1 aromatic heterocycles. The minimum atomic E-state index is -0.318. The van der Waals surface area contributed by atoms with Crippen LogP contribution in [-0.4, -0.2) is 0 Å². The van der Waals surface area contributed by atoms with Crippen LogP contribution in [0.2, 0.25) is 0 Å². The fraction of sp³-hybridized carbons (Fsp3) is 0.125. The van der Waals surface area contributed by atoms with Crippen molar-refractivity contribution < 1.29 is 9.13 Å². The first-order chi connectivity index (χ1) is 9.78. The van der Waals surface area contributed by atoms with E-state index in [-0.39, 0.29) is 5.82 Å². The van der Waals surface area contributed by atoms with Gasteiger partial charge in [0.25, 0.3) is 0 Å². The SMILES string of the molecule is Fc1cc(CBr)ccc1OCc1csc2ccccc12. The molecular weight excluding hydrogens is 339 g/mol. The van der Waals surface area contributed by atoms with E-state index in [1.54, 1.807) is 17.4 Å². The lowest BCUT2D eigenvalue weighted by atomic mass is 10.2. The van der Waals surface area contributed by atoms with E-state index in [0.29, 0.717) is 17.7 Å². The zero-order chi connectivity index (χ0) is 13.9. The second kappa shape index (κ2) is 5.94. The van der Waals surface area contributed by atoms with Crippen LogP contribution in [0.4, 0.5) is 4.39 Å². The Labute approximate surface area is 129 Å². The molecule has 102 valence electrons. The van der Waals surface area contributed by atoms with Gasteiger partial charge in [0.1, 0.15) is 6.61 Å². The molecule has 0 bridgehead atoms. The number of thiophene rings is 1. The third-order valence-electron chi connectivity index (χ3n) is 3.09. The summed E-state index contributed by atoms with van der Waals surface area (Å²) >= 11 is 4.99. The summed E-state index contributed by atoms with van der Waals surface area (Å²) in [6, 6.07) is 13.2. The summed E-state index contributed by atoms with van der Waals surface area (Å²) in [5.41, 5.74) is 1.99. The summed E-state index contributed by atoms with van der Waals surface area (Å²) in [5, 5.41) is 3.88. The highest BCUT2D eigenvalue weighted by molar-refractivity contribution is 9.08. The summed E-state index contributed by atoms with van der Waals surface area (Å²) < 4.78 is 20.7. The average Bonchev–Trinajstić information content (AvgIpc) is 2.89. The van der Waals surface area contributed by atoms with Crippen LogP contribution in [0.3, 0.4) is 0 Å². The van der Waals surface area contributed by atoms with Gasteiger partial charge in [0.15, 0.2) is 11.6 Å². The van der Waals surface area contributed by atoms with Crippen molar-refractivity contribution in [3.05, 3.63) is 64.8 Å². The van der Waals surface area contributed by atoms with Crippen molar-refractivity contribution >= 4 is 37.4 Å². The van der Waals surface area contributed by atoms with Gasteiger partial charge in [-0.1, -0.05) is 40.2 Å². The van der Waals surface area contributed by atoms with E-state index in [1.807, 2.05) is 18.2 Å². The molecule has 0 spiro atoms. The Hall–Kier alpha value is -1.39. The summed E-state index contributed by atoms with van der Waals surface area (Å²) in [4.78, 5) is 0. The summed E-state index contributed by atoms with van der Waals surface area (Å²) in [6.45, 7) is 0.384. The molecule has 0 aliphatic carbocycles. The van der Waals surface area contributed by atoms with Crippen LogP contribution in [0.1, 0.15) is 11.1 Å². The van der Waals surface area contributed by atoms with Crippen LogP contribution in [0.15, 0.2) is 47.8 Å². The Balaban J connectivity index is 1.79. The van der Waals surface area contributed by atoms with Crippen molar-refractivity contribution in [2.24, 2.45) is 0 Å². The lowest BCUT2D eigenvalue weighted by molar-refractivity contribution is 0.292. The molecule has 0 fully saturated rings.